The first kappa shape index (κ1) is 18.2. The number of rotatable bonds is 9. The molecule has 0 aliphatic rings. The van der Waals surface area contributed by atoms with E-state index in [1.54, 1.807) is 36.1 Å². The van der Waals surface area contributed by atoms with Gasteiger partial charge in [0.15, 0.2) is 0 Å². The number of hydrogen-bond acceptors (Lipinski definition) is 5. The molecule has 0 bridgehead atoms. The number of hydrogen-bond donors (Lipinski definition) is 2. The zero-order valence-corrected chi connectivity index (χ0v) is 15.3. The van der Waals surface area contributed by atoms with Crippen molar-refractivity contribution in [1.82, 2.24) is 20.6 Å². The van der Waals surface area contributed by atoms with Crippen molar-refractivity contribution in [2.75, 3.05) is 13.1 Å². The van der Waals surface area contributed by atoms with Crippen molar-refractivity contribution in [2.45, 2.75) is 18.9 Å². The number of nitrogens with zero attached hydrogens (tertiary/aromatic N) is 2. The number of aromatic nitrogens is 2. The predicted molar refractivity (Wildman–Crippen MR) is 104 cm³/mol. The van der Waals surface area contributed by atoms with Gasteiger partial charge in [-0.15, -0.1) is 0 Å². The molecule has 0 aliphatic heterocycles. The maximum atomic E-state index is 12.7. The topological polar surface area (TPSA) is 66.9 Å². The molecule has 26 heavy (non-hydrogen) atoms. The summed E-state index contributed by atoms with van der Waals surface area (Å²) in [6.45, 7) is 1.33. The molecular formula is C20H22N4OS. The summed E-state index contributed by atoms with van der Waals surface area (Å²) in [5.74, 6) is 0.00665. The van der Waals surface area contributed by atoms with Gasteiger partial charge in [0, 0.05) is 37.9 Å². The Morgan fingerprint density at radius 2 is 1.54 bits per heavy atom. The fourth-order valence-corrected chi connectivity index (χ4v) is 3.38. The van der Waals surface area contributed by atoms with Gasteiger partial charge < -0.3 is 10.6 Å². The first-order chi connectivity index (χ1) is 12.8. The molecule has 3 rings (SSSR count). The molecule has 3 aromatic rings. The van der Waals surface area contributed by atoms with Crippen molar-refractivity contribution in [3.05, 3.63) is 82.6 Å². The van der Waals surface area contributed by atoms with Crippen LogP contribution in [0.3, 0.4) is 0 Å². The molecule has 2 N–H and O–H groups in total. The molecule has 3 aromatic heterocycles. The Kier molecular flexibility index (Phi) is 6.87. The summed E-state index contributed by atoms with van der Waals surface area (Å²) >= 11 is 1.60. The highest BCUT2D eigenvalue weighted by atomic mass is 32.1. The predicted octanol–water partition coefficient (Wildman–Crippen LogP) is 2.77. The van der Waals surface area contributed by atoms with Gasteiger partial charge in [-0.2, -0.15) is 11.3 Å². The minimum atomic E-state index is -0.333. The van der Waals surface area contributed by atoms with Crippen LogP contribution < -0.4 is 10.6 Å². The molecular weight excluding hydrogens is 344 g/mol. The van der Waals surface area contributed by atoms with E-state index in [4.69, 9.17) is 0 Å². The number of carbonyl (C=O) groups is 1. The van der Waals surface area contributed by atoms with Crippen LogP contribution >= 0.6 is 11.3 Å². The van der Waals surface area contributed by atoms with E-state index in [0.29, 0.717) is 6.54 Å². The Hall–Kier alpha value is -2.57. The molecule has 0 aliphatic carbocycles. The van der Waals surface area contributed by atoms with Crippen molar-refractivity contribution in [1.29, 1.82) is 0 Å². The van der Waals surface area contributed by atoms with Gasteiger partial charge in [0.2, 0.25) is 5.91 Å². The second kappa shape index (κ2) is 9.79. The fraction of sp³-hybridized carbons (Fsp3) is 0.250. The minimum Gasteiger partial charge on any atom is -0.354 e. The standard InChI is InChI=1S/C20H22N4OS/c25-20(24-13-6-17-3-10-22-11-4-17)19(18-7-14-26-15-18)23-12-5-16-1-8-21-9-2-16/h1-4,7-11,14-15,19,23H,5-6,12-13H2,(H,24,25). The van der Waals surface area contributed by atoms with Crippen LogP contribution in [0.5, 0.6) is 0 Å². The first-order valence-electron chi connectivity index (χ1n) is 8.64. The van der Waals surface area contributed by atoms with Crippen LogP contribution in [-0.4, -0.2) is 29.0 Å². The molecule has 1 unspecified atom stereocenters. The summed E-state index contributed by atoms with van der Waals surface area (Å²) in [4.78, 5) is 20.7. The average Bonchev–Trinajstić information content (AvgIpc) is 3.21. The zero-order chi connectivity index (χ0) is 18.0. The van der Waals surface area contributed by atoms with Gasteiger partial charge >= 0.3 is 0 Å². The smallest absolute Gasteiger partial charge is 0.241 e. The van der Waals surface area contributed by atoms with Crippen molar-refractivity contribution in [3.8, 4) is 0 Å². The molecule has 3 heterocycles. The maximum absolute atomic E-state index is 12.7. The Morgan fingerprint density at radius 1 is 0.923 bits per heavy atom. The Labute approximate surface area is 157 Å². The highest BCUT2D eigenvalue weighted by Crippen LogP contribution is 2.17. The first-order valence-corrected chi connectivity index (χ1v) is 9.58. The van der Waals surface area contributed by atoms with E-state index in [9.17, 15) is 4.79 Å². The maximum Gasteiger partial charge on any atom is 0.241 e. The van der Waals surface area contributed by atoms with Crippen LogP contribution in [0.2, 0.25) is 0 Å². The van der Waals surface area contributed by atoms with Gasteiger partial charge in [-0.05, 0) is 70.6 Å². The van der Waals surface area contributed by atoms with E-state index in [1.165, 1.54) is 5.56 Å². The van der Waals surface area contributed by atoms with Gasteiger partial charge in [-0.1, -0.05) is 0 Å². The van der Waals surface area contributed by atoms with Crippen LogP contribution in [0.4, 0.5) is 0 Å². The molecule has 134 valence electrons. The minimum absolute atomic E-state index is 0.00665. The van der Waals surface area contributed by atoms with Gasteiger partial charge in [0.05, 0.1) is 0 Å². The van der Waals surface area contributed by atoms with Crippen LogP contribution in [0.25, 0.3) is 0 Å². The molecule has 0 saturated carbocycles. The summed E-state index contributed by atoms with van der Waals surface area (Å²) in [6.07, 6.45) is 8.77. The SMILES string of the molecule is O=C(NCCc1ccncc1)C(NCCc1ccncc1)c1ccsc1. The molecule has 1 atom stereocenters. The van der Waals surface area contributed by atoms with E-state index in [2.05, 4.69) is 20.6 Å². The Balaban J connectivity index is 1.52. The third-order valence-electron chi connectivity index (χ3n) is 4.11. The molecule has 0 radical (unpaired) electrons. The van der Waals surface area contributed by atoms with Crippen LogP contribution in [0.15, 0.2) is 65.9 Å². The monoisotopic (exact) mass is 366 g/mol. The van der Waals surface area contributed by atoms with Crippen LogP contribution in [0, 0.1) is 0 Å². The Morgan fingerprint density at radius 3 is 2.12 bits per heavy atom. The second-order valence-electron chi connectivity index (χ2n) is 5.95. The second-order valence-corrected chi connectivity index (χ2v) is 6.73. The van der Waals surface area contributed by atoms with E-state index in [-0.39, 0.29) is 11.9 Å². The van der Waals surface area contributed by atoms with E-state index in [1.807, 2.05) is 41.1 Å². The van der Waals surface area contributed by atoms with Crippen molar-refractivity contribution in [3.63, 3.8) is 0 Å². The third kappa shape index (κ3) is 5.47. The molecule has 5 nitrogen and oxygen atoms in total. The molecule has 0 aromatic carbocycles. The summed E-state index contributed by atoms with van der Waals surface area (Å²) < 4.78 is 0. The zero-order valence-electron chi connectivity index (χ0n) is 14.5. The third-order valence-corrected chi connectivity index (χ3v) is 4.81. The summed E-state index contributed by atoms with van der Waals surface area (Å²) in [5, 5.41) is 10.4. The van der Waals surface area contributed by atoms with Crippen LogP contribution in [0.1, 0.15) is 22.7 Å². The van der Waals surface area contributed by atoms with E-state index < -0.39 is 0 Å². The number of carbonyl (C=O) groups excluding carboxylic acids is 1. The highest BCUT2D eigenvalue weighted by molar-refractivity contribution is 7.08. The largest absolute Gasteiger partial charge is 0.354 e. The van der Waals surface area contributed by atoms with Gasteiger partial charge in [0.25, 0.3) is 0 Å². The number of pyridine rings is 2. The van der Waals surface area contributed by atoms with Gasteiger partial charge in [0.1, 0.15) is 6.04 Å². The lowest BCUT2D eigenvalue weighted by Crippen LogP contribution is -2.39. The summed E-state index contributed by atoms with van der Waals surface area (Å²) in [7, 11) is 0. The van der Waals surface area contributed by atoms with Crippen LogP contribution in [-0.2, 0) is 17.6 Å². The quantitative estimate of drug-likeness (QED) is 0.611. The fourth-order valence-electron chi connectivity index (χ4n) is 2.69. The van der Waals surface area contributed by atoms with Gasteiger partial charge in [-0.25, -0.2) is 0 Å². The lowest BCUT2D eigenvalue weighted by Gasteiger charge is -2.18. The Bertz CT molecular complexity index is 778. The average molecular weight is 366 g/mol. The van der Waals surface area contributed by atoms with Gasteiger partial charge in [-0.3, -0.25) is 14.8 Å². The molecule has 0 saturated heterocycles. The number of thiophene rings is 1. The number of nitrogens with one attached hydrogen (secondary N) is 2. The number of amides is 1. The lowest BCUT2D eigenvalue weighted by atomic mass is 10.1. The molecule has 1 amide bonds. The molecule has 0 fully saturated rings. The normalized spacial score (nSPS) is 11.8. The van der Waals surface area contributed by atoms with Crippen molar-refractivity contribution in [2.24, 2.45) is 0 Å². The van der Waals surface area contributed by atoms with Crippen molar-refractivity contribution >= 4 is 17.2 Å². The summed E-state index contributed by atoms with van der Waals surface area (Å²) in [6, 6.07) is 9.59. The van der Waals surface area contributed by atoms with Crippen molar-refractivity contribution < 1.29 is 4.79 Å². The van der Waals surface area contributed by atoms with E-state index >= 15 is 0 Å². The molecule has 0 spiro atoms. The highest BCUT2D eigenvalue weighted by Gasteiger charge is 2.19. The summed E-state index contributed by atoms with van der Waals surface area (Å²) in [5.41, 5.74) is 3.37. The molecule has 6 heteroatoms. The van der Waals surface area contributed by atoms with E-state index in [0.717, 1.165) is 30.5 Å². The lowest BCUT2D eigenvalue weighted by molar-refractivity contribution is -0.123.